The van der Waals surface area contributed by atoms with Crippen molar-refractivity contribution < 1.29 is 47.4 Å². The number of likely N-dealkylation sites (tertiary alicyclic amines) is 2. The fourth-order valence-corrected chi connectivity index (χ4v) is 5.05. The van der Waals surface area contributed by atoms with Gasteiger partial charge in [0.2, 0.25) is 5.91 Å². The first-order valence-corrected chi connectivity index (χ1v) is 13.0. The van der Waals surface area contributed by atoms with Crippen LogP contribution < -0.4 is 5.73 Å². The topological polar surface area (TPSA) is 158 Å². The van der Waals surface area contributed by atoms with Crippen LogP contribution in [0.3, 0.4) is 0 Å². The Bertz CT molecular complexity index is 1400. The van der Waals surface area contributed by atoms with E-state index < -0.39 is 35.4 Å². The van der Waals surface area contributed by atoms with Crippen molar-refractivity contribution in [3.8, 4) is 0 Å². The van der Waals surface area contributed by atoms with Gasteiger partial charge in [-0.25, -0.2) is 22.8 Å². The summed E-state index contributed by atoms with van der Waals surface area (Å²) >= 11 is 0. The fraction of sp³-hybridized carbons (Fsp3) is 0.345. The van der Waals surface area contributed by atoms with E-state index in [-0.39, 0.29) is 48.0 Å². The first-order chi connectivity index (χ1) is 19.8. The zero-order valence-electron chi connectivity index (χ0n) is 22.6. The minimum absolute atomic E-state index is 0.0732. The smallest absolute Gasteiger partial charge is 0.328 e. The largest absolute Gasteiger partial charge is 0.478 e. The van der Waals surface area contributed by atoms with Crippen molar-refractivity contribution >= 4 is 29.5 Å². The van der Waals surface area contributed by atoms with Gasteiger partial charge in [0, 0.05) is 67.4 Å². The zero-order valence-corrected chi connectivity index (χ0v) is 22.6. The number of amides is 2. The van der Waals surface area contributed by atoms with E-state index in [4.69, 9.17) is 15.9 Å². The number of hydrogen-bond donors (Lipinski definition) is 3. The van der Waals surface area contributed by atoms with E-state index in [0.29, 0.717) is 49.0 Å². The maximum atomic E-state index is 13.9. The van der Waals surface area contributed by atoms with E-state index in [0.717, 1.165) is 12.5 Å². The van der Waals surface area contributed by atoms with E-state index in [9.17, 15) is 37.1 Å². The van der Waals surface area contributed by atoms with Gasteiger partial charge in [0.05, 0.1) is 6.04 Å². The lowest BCUT2D eigenvalue weighted by Gasteiger charge is -2.26. The van der Waals surface area contributed by atoms with Crippen molar-refractivity contribution in [2.24, 2.45) is 11.7 Å². The molecule has 2 amide bonds. The van der Waals surface area contributed by atoms with Crippen LogP contribution in [0.25, 0.3) is 0 Å². The van der Waals surface area contributed by atoms with Crippen molar-refractivity contribution in [3.63, 3.8) is 0 Å². The average Bonchev–Trinajstić information content (AvgIpc) is 3.52. The summed E-state index contributed by atoms with van der Waals surface area (Å²) < 4.78 is 40.5. The molecule has 2 aliphatic rings. The third-order valence-electron chi connectivity index (χ3n) is 7.05. The lowest BCUT2D eigenvalue weighted by atomic mass is 10.0. The average molecular weight is 590 g/mol. The molecule has 0 radical (unpaired) electrons. The maximum Gasteiger partial charge on any atom is 0.328 e. The van der Waals surface area contributed by atoms with Crippen molar-refractivity contribution in [1.82, 2.24) is 9.80 Å². The highest BCUT2D eigenvalue weighted by molar-refractivity contribution is 5.99. The van der Waals surface area contributed by atoms with Gasteiger partial charge < -0.3 is 25.7 Å². The van der Waals surface area contributed by atoms with E-state index in [1.807, 2.05) is 0 Å². The summed E-state index contributed by atoms with van der Waals surface area (Å²) in [5.74, 6) is -6.23. The molecule has 13 heteroatoms. The zero-order chi connectivity index (χ0) is 31.1. The molecule has 2 saturated heterocycles. The van der Waals surface area contributed by atoms with Crippen LogP contribution >= 0.6 is 0 Å². The molecule has 42 heavy (non-hydrogen) atoms. The highest BCUT2D eigenvalue weighted by Crippen LogP contribution is 2.33. The number of halogens is 3. The molecular formula is C29H30F3N3O7. The van der Waals surface area contributed by atoms with Crippen LogP contribution in [0, 0.1) is 23.4 Å². The molecule has 2 fully saturated rings. The lowest BCUT2D eigenvalue weighted by molar-refractivity contribution is -0.134. The van der Waals surface area contributed by atoms with Crippen LogP contribution in [0.2, 0.25) is 0 Å². The van der Waals surface area contributed by atoms with Crippen molar-refractivity contribution in [1.29, 1.82) is 0 Å². The maximum absolute atomic E-state index is 13.9. The van der Waals surface area contributed by atoms with Gasteiger partial charge in [-0.05, 0) is 43.5 Å². The van der Waals surface area contributed by atoms with E-state index in [1.54, 1.807) is 34.1 Å². The standard InChI is InChI=1S/C25H26F3N3O3.C4H4O4/c1-14(32)15-3-2-4-16(7-15)25(34)30-12-17-5-6-31(23(17)13-30)24(33)10-19(29)8-18-9-21(27)22(28)11-20(18)26;5-3(6)1-2-4(7)8/h2-4,7,9,11,17,19,23H,5-6,8,10,12-13,29H2,1H3;1-2H,(H,5,6)(H,7,8)/t17-,19+,23+;/m0./s1. The van der Waals surface area contributed by atoms with Gasteiger partial charge in [0.1, 0.15) is 5.82 Å². The van der Waals surface area contributed by atoms with E-state index >= 15 is 0 Å². The summed E-state index contributed by atoms with van der Waals surface area (Å²) in [6, 6.07) is 6.92. The minimum atomic E-state index is -1.28. The first-order valence-electron chi connectivity index (χ1n) is 13.0. The molecule has 0 saturated carbocycles. The van der Waals surface area contributed by atoms with Gasteiger partial charge in [0.15, 0.2) is 17.4 Å². The first kappa shape index (κ1) is 32.0. The quantitative estimate of drug-likeness (QED) is 0.241. The molecule has 0 spiro atoms. The Morgan fingerprint density at radius 2 is 1.57 bits per heavy atom. The van der Waals surface area contributed by atoms with Crippen LogP contribution in [-0.2, 0) is 20.8 Å². The summed E-state index contributed by atoms with van der Waals surface area (Å²) in [5, 5.41) is 15.6. The van der Waals surface area contributed by atoms with Gasteiger partial charge in [-0.1, -0.05) is 12.1 Å². The predicted molar refractivity (Wildman–Crippen MR) is 143 cm³/mol. The van der Waals surface area contributed by atoms with E-state index in [2.05, 4.69) is 0 Å². The Morgan fingerprint density at radius 1 is 0.952 bits per heavy atom. The monoisotopic (exact) mass is 589 g/mol. The molecule has 3 atom stereocenters. The second-order valence-electron chi connectivity index (χ2n) is 10.1. The molecule has 4 rings (SSSR count). The number of nitrogens with zero attached hydrogens (tertiary/aromatic N) is 2. The third kappa shape index (κ3) is 8.26. The number of aliphatic carboxylic acids is 2. The molecule has 0 bridgehead atoms. The number of rotatable bonds is 8. The molecule has 0 unspecified atom stereocenters. The summed E-state index contributed by atoms with van der Waals surface area (Å²) in [5.41, 5.74) is 6.85. The Labute approximate surface area is 239 Å². The number of nitrogens with two attached hydrogens (primary N) is 1. The molecule has 10 nitrogen and oxygen atoms in total. The number of ketones is 1. The van der Waals surface area contributed by atoms with Crippen LogP contribution in [0.4, 0.5) is 13.2 Å². The van der Waals surface area contributed by atoms with Crippen LogP contribution in [0.15, 0.2) is 48.6 Å². The Balaban J connectivity index is 0.000000531. The summed E-state index contributed by atoms with van der Waals surface area (Å²) in [4.78, 5) is 60.1. The summed E-state index contributed by atoms with van der Waals surface area (Å²) in [6.45, 7) is 2.89. The SMILES string of the molecule is CC(=O)c1cccc(C(=O)N2C[C@@H]3CCN(C(=O)C[C@H](N)Cc4cc(F)c(F)cc4F)[C@@H]3C2)c1.O=C(O)C=CC(=O)O. The Morgan fingerprint density at radius 3 is 2.19 bits per heavy atom. The molecular weight excluding hydrogens is 559 g/mol. The highest BCUT2D eigenvalue weighted by atomic mass is 19.2. The summed E-state index contributed by atoms with van der Waals surface area (Å²) in [6.07, 6.45) is 1.69. The van der Waals surface area contributed by atoms with Crippen molar-refractivity contribution in [2.75, 3.05) is 19.6 Å². The number of carbonyl (C=O) groups is 5. The predicted octanol–water partition coefficient (Wildman–Crippen LogP) is 2.65. The Hall–Kier alpha value is -4.52. The number of hydrogen-bond acceptors (Lipinski definition) is 6. The summed E-state index contributed by atoms with van der Waals surface area (Å²) in [7, 11) is 0. The second-order valence-corrected chi connectivity index (χ2v) is 10.1. The van der Waals surface area contributed by atoms with Gasteiger partial charge in [-0.15, -0.1) is 0 Å². The molecule has 0 aliphatic carbocycles. The normalized spacial score (nSPS) is 18.3. The van der Waals surface area contributed by atoms with Crippen molar-refractivity contribution in [2.45, 2.75) is 38.3 Å². The third-order valence-corrected chi connectivity index (χ3v) is 7.05. The molecule has 2 aromatic carbocycles. The lowest BCUT2D eigenvalue weighted by Crippen LogP contribution is -2.43. The molecule has 2 aromatic rings. The van der Waals surface area contributed by atoms with Crippen LogP contribution in [-0.4, -0.2) is 81.3 Å². The number of carbonyl (C=O) groups excluding carboxylic acids is 3. The van der Waals surface area contributed by atoms with Crippen LogP contribution in [0.5, 0.6) is 0 Å². The van der Waals surface area contributed by atoms with E-state index in [1.165, 1.54) is 6.92 Å². The number of carboxylic acid groups (broad SMARTS) is 2. The number of carboxylic acids is 2. The van der Waals surface area contributed by atoms with Crippen LogP contribution in [0.1, 0.15) is 46.0 Å². The van der Waals surface area contributed by atoms with Gasteiger partial charge >= 0.3 is 11.9 Å². The minimum Gasteiger partial charge on any atom is -0.478 e. The molecule has 0 aromatic heterocycles. The number of benzene rings is 2. The van der Waals surface area contributed by atoms with Gasteiger partial charge in [-0.2, -0.15) is 0 Å². The molecule has 224 valence electrons. The molecule has 2 aliphatic heterocycles. The fourth-order valence-electron chi connectivity index (χ4n) is 5.05. The van der Waals surface area contributed by atoms with Crippen molar-refractivity contribution in [3.05, 3.63) is 82.7 Å². The number of Topliss-reactive ketones (excluding diaryl/α,β-unsaturated/α-hetero) is 1. The van der Waals surface area contributed by atoms with Gasteiger partial charge in [0.25, 0.3) is 5.91 Å². The molecule has 2 heterocycles. The Kier molecular flexibility index (Phi) is 10.6. The van der Waals surface area contributed by atoms with Gasteiger partial charge in [-0.3, -0.25) is 14.4 Å². The number of fused-ring (bicyclic) bond motifs is 1. The highest BCUT2D eigenvalue weighted by Gasteiger charge is 2.44. The second kappa shape index (κ2) is 13.9. The molecule has 4 N–H and O–H groups in total.